The summed E-state index contributed by atoms with van der Waals surface area (Å²) < 4.78 is 22.8. The van der Waals surface area contributed by atoms with E-state index >= 15 is 0 Å². The van der Waals surface area contributed by atoms with E-state index in [1.807, 2.05) is 182 Å². The summed E-state index contributed by atoms with van der Waals surface area (Å²) in [5.41, 5.74) is 5.89. The minimum Gasteiger partial charge on any atom is -0.407 e. The van der Waals surface area contributed by atoms with Crippen LogP contribution in [0.1, 0.15) is 11.1 Å². The lowest BCUT2D eigenvalue weighted by molar-refractivity contribution is 0.601. The molecule has 0 unspecified atom stereocenters. The summed E-state index contributed by atoms with van der Waals surface area (Å²) in [6, 6.07) is 73.9. The first kappa shape index (κ1) is 40.0. The lowest BCUT2D eigenvalue weighted by Crippen LogP contribution is -1.80. The van der Waals surface area contributed by atoms with E-state index in [-0.39, 0.29) is 0 Å². The van der Waals surface area contributed by atoms with Crippen molar-refractivity contribution in [2.75, 3.05) is 0 Å². The van der Waals surface area contributed by atoms with E-state index in [0.717, 1.165) is 65.6 Å². The van der Waals surface area contributed by atoms with Gasteiger partial charge < -0.3 is 17.7 Å². The van der Waals surface area contributed by atoms with Crippen molar-refractivity contribution < 1.29 is 17.7 Å². The molecule has 300 valence electrons. The maximum Gasteiger partial charge on any atom is 0.140 e. The zero-order chi connectivity index (χ0) is 43.2. The Bertz CT molecular complexity index is 3030. The highest BCUT2D eigenvalue weighted by molar-refractivity contribution is 6.08. The standard InChI is InChI=1S/C58H34N2O4/c1-3-13-43(14-4-1)41-59-57-53-17-11-18-54(57)46-23-31-50(32-24-46)62-38-8-10-40-64-52-35-27-48(28-36-52)56-20-12-19-55(58(56)60-42-44-15-5-2-6-16-44)47-25-33-51(34-26-47)63-39-9-7-37-61-49-29-21-45(53)22-30-49/h1-6,11-36,41-42H. The Labute approximate surface area is 370 Å². The monoisotopic (exact) mass is 822 g/mol. The highest BCUT2D eigenvalue weighted by atomic mass is 16.3. The van der Waals surface area contributed by atoms with Crippen LogP contribution < -0.4 is 0 Å². The molecular formula is C58H34N2O4. The van der Waals surface area contributed by atoms with E-state index < -0.39 is 0 Å². The normalized spacial score (nSPS) is 10.5. The molecule has 7 heterocycles. The first-order valence-corrected chi connectivity index (χ1v) is 20.3. The molecule has 64 heavy (non-hydrogen) atoms. The summed E-state index contributed by atoms with van der Waals surface area (Å²) in [7, 11) is 0. The quantitative estimate of drug-likeness (QED) is 0.166. The number of aliphatic imine (C=N–C) groups is 2. The zero-order valence-electron chi connectivity index (χ0n) is 34.2. The van der Waals surface area contributed by atoms with E-state index in [9.17, 15) is 0 Å². The average Bonchev–Trinajstić information content (AvgIpc) is 3.36. The molecule has 15 aromatic rings. The van der Waals surface area contributed by atoms with Gasteiger partial charge in [-0.25, -0.2) is 0 Å². The predicted octanol–water partition coefficient (Wildman–Crippen LogP) is 15.1. The fourth-order valence-electron chi connectivity index (χ4n) is 6.90. The molecule has 0 radical (unpaired) electrons. The molecule has 0 spiro atoms. The smallest absolute Gasteiger partial charge is 0.140 e. The fourth-order valence-corrected chi connectivity index (χ4v) is 6.90. The molecule has 7 aromatic heterocycles. The third-order valence-corrected chi connectivity index (χ3v) is 10.0. The van der Waals surface area contributed by atoms with Gasteiger partial charge in [0.1, 0.15) is 47.4 Å². The van der Waals surface area contributed by atoms with Gasteiger partial charge in [0.2, 0.25) is 0 Å². The largest absolute Gasteiger partial charge is 0.407 e. The minimum absolute atomic E-state index is 0.572. The van der Waals surface area contributed by atoms with Gasteiger partial charge in [-0.05, 0) is 81.2 Å². The molecule has 8 aromatic carbocycles. The molecule has 15 rings (SSSR count). The van der Waals surface area contributed by atoms with Crippen molar-refractivity contribution in [3.63, 3.8) is 0 Å². The summed E-state index contributed by atoms with van der Waals surface area (Å²) in [4.78, 5) is 10.0. The van der Waals surface area contributed by atoms with Gasteiger partial charge in [0.25, 0.3) is 0 Å². The number of nitrogens with zero attached hydrogens (tertiary/aromatic N) is 2. The van der Waals surface area contributed by atoms with Crippen molar-refractivity contribution in [3.05, 3.63) is 255 Å². The van der Waals surface area contributed by atoms with Crippen LogP contribution in [0.15, 0.2) is 222 Å². The van der Waals surface area contributed by atoms with E-state index in [2.05, 4.69) is 73.6 Å². The molecule has 12 bridgehead atoms. The lowest BCUT2D eigenvalue weighted by Gasteiger charge is -2.05. The van der Waals surface area contributed by atoms with Gasteiger partial charge in [-0.15, -0.1) is 0 Å². The highest BCUT2D eigenvalue weighted by Crippen LogP contribution is 2.34. The topological polar surface area (TPSA) is 77.3 Å². The maximum absolute atomic E-state index is 5.70. The molecule has 0 aliphatic rings. The van der Waals surface area contributed by atoms with Gasteiger partial charge in [-0.1, -0.05) is 146 Å². The summed E-state index contributed by atoms with van der Waals surface area (Å²) in [6.07, 6.45) is 14.4. The fraction of sp³-hybridized carbons (Fsp3) is 0. The van der Waals surface area contributed by atoms with E-state index in [0.29, 0.717) is 22.3 Å². The molecule has 0 N–H and O–H groups in total. The Morgan fingerprint density at radius 2 is 0.547 bits per heavy atom. The second kappa shape index (κ2) is 19.7. The first-order chi connectivity index (χ1) is 31.7. The van der Waals surface area contributed by atoms with Crippen molar-refractivity contribution in [2.24, 2.45) is 9.98 Å². The molecule has 0 saturated heterocycles. The second-order valence-electron chi connectivity index (χ2n) is 14.2. The highest BCUT2D eigenvalue weighted by Gasteiger charge is 2.05. The summed E-state index contributed by atoms with van der Waals surface area (Å²) in [5.74, 6) is 0. The summed E-state index contributed by atoms with van der Waals surface area (Å²) >= 11 is 0. The molecule has 0 aliphatic carbocycles. The molecule has 6 nitrogen and oxygen atoms in total. The molecular weight excluding hydrogens is 789 g/mol. The molecule has 0 saturated carbocycles. The van der Waals surface area contributed by atoms with Crippen LogP contribution in [0, 0.1) is 49.3 Å². The van der Waals surface area contributed by atoms with Gasteiger partial charge in [0.05, 0.1) is 11.4 Å². The first-order valence-electron chi connectivity index (χ1n) is 20.3. The predicted molar refractivity (Wildman–Crippen MR) is 256 cm³/mol. The molecule has 6 heteroatoms. The number of benzene rings is 8. The van der Waals surface area contributed by atoms with Crippen LogP contribution in [-0.2, 0) is 0 Å². The van der Waals surface area contributed by atoms with Crippen molar-refractivity contribution >= 4 is 89.2 Å². The van der Waals surface area contributed by atoms with Gasteiger partial charge in [-0.2, -0.15) is 0 Å². The van der Waals surface area contributed by atoms with E-state index in [1.54, 1.807) is 0 Å². The van der Waals surface area contributed by atoms with Crippen LogP contribution in [0.2, 0.25) is 0 Å². The third-order valence-electron chi connectivity index (χ3n) is 10.0. The maximum atomic E-state index is 5.70. The molecule has 0 fully saturated rings. The third kappa shape index (κ3) is 9.93. The van der Waals surface area contributed by atoms with Crippen LogP contribution >= 0.6 is 0 Å². The number of rotatable bonds is 4. The van der Waals surface area contributed by atoms with Crippen molar-refractivity contribution in [3.8, 4) is 0 Å². The lowest BCUT2D eigenvalue weighted by atomic mass is 10.0. The molecule has 0 aliphatic heterocycles. The minimum atomic E-state index is 0.572. The van der Waals surface area contributed by atoms with Gasteiger partial charge in [-0.3, -0.25) is 9.98 Å². The van der Waals surface area contributed by atoms with Gasteiger partial charge >= 0.3 is 0 Å². The average molecular weight is 823 g/mol. The Kier molecular flexibility index (Phi) is 12.3. The van der Waals surface area contributed by atoms with Crippen LogP contribution in [0.5, 0.6) is 0 Å². The summed E-state index contributed by atoms with van der Waals surface area (Å²) in [5, 5.41) is 7.63. The SMILES string of the molecule is c1c#coc2ccc(cc2)c2cccc(c2N=Cc2ccccc2)c2ccc(cc2)oc#cc#coc2ccc(cc2)c2cccc(c2N=Cc2ccccc2)c2ccc(cc2)oc#1. The Morgan fingerprint density at radius 3 is 0.812 bits per heavy atom. The molecule has 0 atom stereocenters. The van der Waals surface area contributed by atoms with Crippen LogP contribution in [-0.4, -0.2) is 12.4 Å². The van der Waals surface area contributed by atoms with Gasteiger partial charge in [0.15, 0.2) is 0 Å². The van der Waals surface area contributed by atoms with Crippen LogP contribution in [0.4, 0.5) is 11.4 Å². The van der Waals surface area contributed by atoms with E-state index in [1.165, 1.54) is 0 Å². The van der Waals surface area contributed by atoms with Gasteiger partial charge in [0, 0.05) is 58.2 Å². The number of hydrogen-bond donors (Lipinski definition) is 0. The Hall–Kier alpha value is -9.46. The van der Waals surface area contributed by atoms with Crippen molar-refractivity contribution in [2.45, 2.75) is 0 Å². The van der Waals surface area contributed by atoms with E-state index in [4.69, 9.17) is 27.7 Å². The van der Waals surface area contributed by atoms with Crippen molar-refractivity contribution in [1.82, 2.24) is 0 Å². The second-order valence-corrected chi connectivity index (χ2v) is 14.2. The van der Waals surface area contributed by atoms with Crippen molar-refractivity contribution in [1.29, 1.82) is 0 Å². The number of para-hydroxylation sites is 2. The zero-order valence-corrected chi connectivity index (χ0v) is 34.2. The Balaban J connectivity index is 1.16. The van der Waals surface area contributed by atoms with Crippen LogP contribution in [0.3, 0.4) is 0 Å². The Morgan fingerprint density at radius 1 is 0.281 bits per heavy atom. The molecule has 0 amide bonds. The van der Waals surface area contributed by atoms with Crippen LogP contribution in [0.25, 0.3) is 65.4 Å². The summed E-state index contributed by atoms with van der Waals surface area (Å²) in [6.45, 7) is 0. The number of hydrogen-bond acceptors (Lipinski definition) is 6.